The van der Waals surface area contributed by atoms with E-state index in [9.17, 15) is 14.4 Å². The van der Waals surface area contributed by atoms with E-state index in [-0.39, 0.29) is 30.9 Å². The van der Waals surface area contributed by atoms with E-state index < -0.39 is 24.0 Å². The van der Waals surface area contributed by atoms with Gasteiger partial charge in [-0.25, -0.2) is 9.59 Å². The van der Waals surface area contributed by atoms with Crippen molar-refractivity contribution in [2.24, 2.45) is 0 Å². The zero-order valence-corrected chi connectivity index (χ0v) is 15.0. The molecule has 8 heteroatoms. The lowest BCUT2D eigenvalue weighted by Gasteiger charge is -2.26. The summed E-state index contributed by atoms with van der Waals surface area (Å²) in [4.78, 5) is 35.9. The van der Waals surface area contributed by atoms with Gasteiger partial charge in [-0.3, -0.25) is 4.79 Å². The van der Waals surface area contributed by atoms with E-state index in [1.54, 1.807) is 38.1 Å². The Labute approximate surface area is 151 Å². The Hall–Kier alpha value is -3.03. The Balaban J connectivity index is 2.09. The van der Waals surface area contributed by atoms with Gasteiger partial charge in [0.2, 0.25) is 0 Å². The molecule has 0 aliphatic carbocycles. The predicted octanol–water partition coefficient (Wildman–Crippen LogP) is 1.30. The van der Waals surface area contributed by atoms with Crippen LogP contribution in [0.1, 0.15) is 19.4 Å². The van der Waals surface area contributed by atoms with Crippen LogP contribution in [0.5, 0.6) is 5.75 Å². The molecule has 26 heavy (non-hydrogen) atoms. The van der Waals surface area contributed by atoms with Gasteiger partial charge in [0, 0.05) is 5.56 Å². The molecule has 2 rings (SSSR count). The van der Waals surface area contributed by atoms with Gasteiger partial charge in [-0.15, -0.1) is 0 Å². The van der Waals surface area contributed by atoms with Crippen molar-refractivity contribution in [3.05, 3.63) is 41.1 Å². The van der Waals surface area contributed by atoms with E-state index in [1.807, 2.05) is 0 Å². The van der Waals surface area contributed by atoms with Gasteiger partial charge in [0.1, 0.15) is 12.4 Å². The summed E-state index contributed by atoms with van der Waals surface area (Å²) in [6.07, 6.45) is 0.00772. The largest absolute Gasteiger partial charge is 0.496 e. The molecule has 1 aromatic carbocycles. The minimum atomic E-state index is -0.566. The first-order valence-corrected chi connectivity index (χ1v) is 8.21. The number of hydrogen-bond donors (Lipinski definition) is 2. The molecule has 1 heterocycles. The van der Waals surface area contributed by atoms with E-state index in [4.69, 9.17) is 14.2 Å². The van der Waals surface area contributed by atoms with Crippen molar-refractivity contribution >= 4 is 18.0 Å². The molecule has 0 saturated carbocycles. The summed E-state index contributed by atoms with van der Waals surface area (Å²) < 4.78 is 15.4. The molecule has 1 unspecified atom stereocenters. The predicted molar refractivity (Wildman–Crippen MR) is 92.4 cm³/mol. The first kappa shape index (κ1) is 19.3. The number of carbonyl (C=O) groups excluding carboxylic acids is 3. The lowest BCUT2D eigenvalue weighted by Crippen LogP contribution is -2.50. The first-order chi connectivity index (χ1) is 12.5. The molecule has 0 bridgehead atoms. The summed E-state index contributed by atoms with van der Waals surface area (Å²) in [6, 6.07) is 6.08. The molecule has 0 radical (unpaired) electrons. The molecular formula is C18H22N2O6. The maximum atomic E-state index is 12.1. The van der Waals surface area contributed by atoms with Crippen LogP contribution < -0.4 is 15.4 Å². The monoisotopic (exact) mass is 362 g/mol. The van der Waals surface area contributed by atoms with Crippen molar-refractivity contribution in [3.8, 4) is 5.75 Å². The summed E-state index contributed by atoms with van der Waals surface area (Å²) in [5.74, 6) is -0.492. The number of methoxy groups -OCH3 is 1. The lowest BCUT2D eigenvalue weighted by molar-refractivity contribution is -0.143. The minimum absolute atomic E-state index is 0.00772. The fraction of sp³-hybridized carbons (Fsp3) is 0.389. The maximum Gasteiger partial charge on any atom is 0.338 e. The lowest BCUT2D eigenvalue weighted by atomic mass is 10.0. The molecule has 2 amide bonds. The Morgan fingerprint density at radius 2 is 1.92 bits per heavy atom. The number of carbonyl (C=O) groups is 3. The summed E-state index contributed by atoms with van der Waals surface area (Å²) in [5, 5.41) is 5.08. The van der Waals surface area contributed by atoms with E-state index >= 15 is 0 Å². The highest BCUT2D eigenvalue weighted by Crippen LogP contribution is 2.19. The van der Waals surface area contributed by atoms with Gasteiger partial charge in [0.15, 0.2) is 0 Å². The number of rotatable bonds is 7. The van der Waals surface area contributed by atoms with E-state index in [1.165, 1.54) is 7.11 Å². The Morgan fingerprint density at radius 3 is 2.62 bits per heavy atom. The molecule has 0 spiro atoms. The molecule has 1 atom stereocenters. The van der Waals surface area contributed by atoms with Crippen LogP contribution in [-0.4, -0.2) is 44.3 Å². The molecule has 0 fully saturated rings. The van der Waals surface area contributed by atoms with E-state index in [0.717, 1.165) is 0 Å². The number of hydrogen-bond acceptors (Lipinski definition) is 6. The number of para-hydroxylation sites is 1. The number of amides is 2. The second kappa shape index (κ2) is 8.89. The number of nitrogens with one attached hydrogen (secondary N) is 2. The molecule has 140 valence electrons. The third-order valence-corrected chi connectivity index (χ3v) is 3.77. The zero-order valence-electron chi connectivity index (χ0n) is 15.0. The van der Waals surface area contributed by atoms with E-state index in [2.05, 4.69) is 10.6 Å². The van der Waals surface area contributed by atoms with Crippen LogP contribution in [-0.2, 0) is 25.5 Å². The van der Waals surface area contributed by atoms with Crippen LogP contribution in [0.3, 0.4) is 0 Å². The van der Waals surface area contributed by atoms with Gasteiger partial charge >= 0.3 is 18.0 Å². The summed E-state index contributed by atoms with van der Waals surface area (Å²) in [6.45, 7) is 3.30. The molecular weight excluding hydrogens is 340 g/mol. The van der Waals surface area contributed by atoms with Crippen LogP contribution in [0.4, 0.5) is 4.79 Å². The van der Waals surface area contributed by atoms with Crippen molar-refractivity contribution in [2.75, 3.05) is 20.3 Å². The first-order valence-electron chi connectivity index (χ1n) is 8.21. The second-order valence-corrected chi connectivity index (χ2v) is 5.58. The van der Waals surface area contributed by atoms with Gasteiger partial charge in [0.05, 0.1) is 37.4 Å². The SMILES string of the molecule is CCOC(=O)C1=C(COC(=O)Cc2ccccc2OC)NC(=O)NC1C. The van der Waals surface area contributed by atoms with Gasteiger partial charge in [-0.1, -0.05) is 18.2 Å². The second-order valence-electron chi connectivity index (χ2n) is 5.58. The standard InChI is InChI=1S/C18H22N2O6/c1-4-25-17(22)16-11(2)19-18(23)20-13(16)10-26-15(21)9-12-7-5-6-8-14(12)24-3/h5-8,11H,4,9-10H2,1-3H3,(H2,19,20,23). The van der Waals surface area contributed by atoms with Crippen molar-refractivity contribution in [1.29, 1.82) is 0 Å². The van der Waals surface area contributed by atoms with Crippen LogP contribution in [0.25, 0.3) is 0 Å². The average molecular weight is 362 g/mol. The number of urea groups is 1. The van der Waals surface area contributed by atoms with Gasteiger partial charge in [0.25, 0.3) is 0 Å². The molecule has 8 nitrogen and oxygen atoms in total. The minimum Gasteiger partial charge on any atom is -0.496 e. The number of benzene rings is 1. The molecule has 1 aliphatic heterocycles. The average Bonchev–Trinajstić information content (AvgIpc) is 2.60. The highest BCUT2D eigenvalue weighted by molar-refractivity contribution is 5.94. The normalized spacial score (nSPS) is 16.4. The fourth-order valence-corrected chi connectivity index (χ4v) is 2.60. The Morgan fingerprint density at radius 1 is 1.19 bits per heavy atom. The third-order valence-electron chi connectivity index (χ3n) is 3.77. The molecule has 0 aromatic heterocycles. The topological polar surface area (TPSA) is 103 Å². The molecule has 1 aromatic rings. The van der Waals surface area contributed by atoms with E-state index in [0.29, 0.717) is 11.3 Å². The molecule has 1 aliphatic rings. The van der Waals surface area contributed by atoms with Crippen LogP contribution in [0.15, 0.2) is 35.5 Å². The van der Waals surface area contributed by atoms with Crippen LogP contribution in [0.2, 0.25) is 0 Å². The number of ether oxygens (including phenoxy) is 3. The van der Waals surface area contributed by atoms with Crippen molar-refractivity contribution < 1.29 is 28.6 Å². The van der Waals surface area contributed by atoms with Gasteiger partial charge in [-0.05, 0) is 19.9 Å². The fourth-order valence-electron chi connectivity index (χ4n) is 2.60. The molecule has 0 saturated heterocycles. The quantitative estimate of drug-likeness (QED) is 0.709. The van der Waals surface area contributed by atoms with Gasteiger partial charge < -0.3 is 24.8 Å². The van der Waals surface area contributed by atoms with Crippen molar-refractivity contribution in [1.82, 2.24) is 10.6 Å². The smallest absolute Gasteiger partial charge is 0.338 e. The highest BCUT2D eigenvalue weighted by Gasteiger charge is 2.30. The van der Waals surface area contributed by atoms with Crippen LogP contribution >= 0.6 is 0 Å². The summed E-state index contributed by atoms with van der Waals surface area (Å²) in [7, 11) is 1.52. The number of esters is 2. The summed E-state index contributed by atoms with van der Waals surface area (Å²) in [5.41, 5.74) is 1.13. The highest BCUT2D eigenvalue weighted by atomic mass is 16.5. The zero-order chi connectivity index (χ0) is 19.1. The van der Waals surface area contributed by atoms with Gasteiger partial charge in [-0.2, -0.15) is 0 Å². The van der Waals surface area contributed by atoms with Crippen LogP contribution in [0, 0.1) is 0 Å². The Bertz CT molecular complexity index is 728. The Kier molecular flexibility index (Phi) is 6.60. The van der Waals surface area contributed by atoms with Crippen molar-refractivity contribution in [3.63, 3.8) is 0 Å². The third kappa shape index (κ3) is 4.75. The maximum absolute atomic E-state index is 12.1. The van der Waals surface area contributed by atoms with Crippen molar-refractivity contribution in [2.45, 2.75) is 26.3 Å². The molecule has 2 N–H and O–H groups in total. The summed E-state index contributed by atoms with van der Waals surface area (Å²) >= 11 is 0.